The highest BCUT2D eigenvalue weighted by molar-refractivity contribution is 5.98. The molecule has 176 valence electrons. The number of aromatic nitrogens is 1. The van der Waals surface area contributed by atoms with Gasteiger partial charge in [0.15, 0.2) is 0 Å². The standard InChI is InChI=1S/C29H30N2O2.ClH/c1-19-16-23-24(17-20(19)2)29(32)31-15-9-13-25(28(31)27(23)21-10-5-4-6-11-21)30-18-22-12-7-8-14-26(22)33-3;/h4-8,10-12,14,16-17,25,30H,9,13,15,18H2,1-3H3;1H. The molecule has 0 saturated carbocycles. The maximum Gasteiger partial charge on any atom is 0.258 e. The summed E-state index contributed by atoms with van der Waals surface area (Å²) in [6, 6.07) is 22.9. The fourth-order valence-electron chi connectivity index (χ4n) is 5.09. The second-order valence-electron chi connectivity index (χ2n) is 8.95. The van der Waals surface area contributed by atoms with Crippen LogP contribution in [0.5, 0.6) is 5.75 Å². The van der Waals surface area contributed by atoms with Crippen molar-refractivity contribution in [2.24, 2.45) is 0 Å². The molecule has 0 radical (unpaired) electrons. The van der Waals surface area contributed by atoms with Gasteiger partial charge >= 0.3 is 0 Å². The number of para-hydroxylation sites is 1. The number of nitrogens with one attached hydrogen (secondary N) is 1. The molecule has 1 aliphatic rings. The van der Waals surface area contributed by atoms with Crippen molar-refractivity contribution in [2.45, 2.75) is 45.8 Å². The Hall–Kier alpha value is -3.08. The summed E-state index contributed by atoms with van der Waals surface area (Å²) < 4.78 is 7.57. The van der Waals surface area contributed by atoms with E-state index in [9.17, 15) is 4.79 Å². The van der Waals surface area contributed by atoms with Gasteiger partial charge in [0.2, 0.25) is 0 Å². The maximum atomic E-state index is 13.7. The first-order chi connectivity index (χ1) is 16.1. The molecule has 3 aromatic carbocycles. The first-order valence-electron chi connectivity index (χ1n) is 11.7. The van der Waals surface area contributed by atoms with Crippen LogP contribution in [-0.2, 0) is 13.1 Å². The monoisotopic (exact) mass is 474 g/mol. The van der Waals surface area contributed by atoms with Gasteiger partial charge in [-0.25, -0.2) is 0 Å². The van der Waals surface area contributed by atoms with Crippen molar-refractivity contribution in [3.8, 4) is 16.9 Å². The van der Waals surface area contributed by atoms with Gasteiger partial charge in [-0.15, -0.1) is 12.4 Å². The van der Waals surface area contributed by atoms with Crippen LogP contribution in [0.1, 0.15) is 41.3 Å². The van der Waals surface area contributed by atoms with Gasteiger partial charge in [-0.1, -0.05) is 54.6 Å². The molecule has 34 heavy (non-hydrogen) atoms. The predicted molar refractivity (Wildman–Crippen MR) is 142 cm³/mol. The van der Waals surface area contributed by atoms with E-state index in [4.69, 9.17) is 4.74 Å². The van der Waals surface area contributed by atoms with Crippen molar-refractivity contribution < 1.29 is 4.74 Å². The Bertz CT molecular complexity index is 1380. The van der Waals surface area contributed by atoms with Crippen LogP contribution in [-0.4, -0.2) is 11.7 Å². The molecule has 1 aliphatic heterocycles. The lowest BCUT2D eigenvalue weighted by atomic mass is 9.88. The van der Waals surface area contributed by atoms with Crippen LogP contribution in [0.15, 0.2) is 71.5 Å². The average molecular weight is 475 g/mol. The number of halogens is 1. The Labute approximate surface area is 207 Å². The molecule has 0 amide bonds. The smallest absolute Gasteiger partial charge is 0.258 e. The third-order valence-corrected chi connectivity index (χ3v) is 6.92. The number of hydrogen-bond donors (Lipinski definition) is 1. The minimum atomic E-state index is 0. The molecule has 0 saturated heterocycles. The number of fused-ring (bicyclic) bond motifs is 2. The van der Waals surface area contributed by atoms with E-state index in [-0.39, 0.29) is 24.0 Å². The molecule has 4 nitrogen and oxygen atoms in total. The lowest BCUT2D eigenvalue weighted by Crippen LogP contribution is -2.35. The van der Waals surface area contributed by atoms with Gasteiger partial charge in [0.05, 0.1) is 7.11 Å². The van der Waals surface area contributed by atoms with Crippen molar-refractivity contribution in [3.05, 3.63) is 99.5 Å². The summed E-state index contributed by atoms with van der Waals surface area (Å²) in [5, 5.41) is 5.62. The van der Waals surface area contributed by atoms with Crippen LogP contribution in [0, 0.1) is 13.8 Å². The molecule has 1 atom stereocenters. The molecule has 4 aromatic rings. The van der Waals surface area contributed by atoms with Gasteiger partial charge in [-0.2, -0.15) is 0 Å². The molecule has 1 aromatic heterocycles. The molecule has 2 heterocycles. The molecule has 1 N–H and O–H groups in total. The molecular weight excluding hydrogens is 444 g/mol. The van der Waals surface area contributed by atoms with Crippen molar-refractivity contribution in [2.75, 3.05) is 7.11 Å². The quantitative estimate of drug-likeness (QED) is 0.367. The zero-order valence-electron chi connectivity index (χ0n) is 19.9. The van der Waals surface area contributed by atoms with Crippen molar-refractivity contribution >= 4 is 23.2 Å². The second kappa shape index (κ2) is 10.0. The van der Waals surface area contributed by atoms with Gasteiger partial charge in [0.25, 0.3) is 5.56 Å². The summed E-state index contributed by atoms with van der Waals surface area (Å²) in [5.74, 6) is 0.881. The minimum Gasteiger partial charge on any atom is -0.496 e. The summed E-state index contributed by atoms with van der Waals surface area (Å²) in [4.78, 5) is 13.7. The molecule has 1 unspecified atom stereocenters. The average Bonchev–Trinajstić information content (AvgIpc) is 2.85. The topological polar surface area (TPSA) is 43.3 Å². The van der Waals surface area contributed by atoms with Crippen LogP contribution in [0.4, 0.5) is 0 Å². The van der Waals surface area contributed by atoms with Crippen molar-refractivity contribution in [1.29, 1.82) is 0 Å². The van der Waals surface area contributed by atoms with Gasteiger partial charge in [0, 0.05) is 41.3 Å². The molecule has 0 spiro atoms. The summed E-state index contributed by atoms with van der Waals surface area (Å²) in [6.45, 7) is 5.64. The van der Waals surface area contributed by atoms with Gasteiger partial charge < -0.3 is 14.6 Å². The second-order valence-corrected chi connectivity index (χ2v) is 8.95. The Kier molecular flexibility index (Phi) is 7.11. The summed E-state index contributed by atoms with van der Waals surface area (Å²) in [6.07, 6.45) is 1.96. The van der Waals surface area contributed by atoms with Gasteiger partial charge in [-0.05, 0) is 60.9 Å². The number of pyridine rings is 1. The highest BCUT2D eigenvalue weighted by atomic mass is 35.5. The van der Waals surface area contributed by atoms with E-state index in [2.05, 4.69) is 61.6 Å². The van der Waals surface area contributed by atoms with E-state index < -0.39 is 0 Å². The zero-order chi connectivity index (χ0) is 22.9. The fourth-order valence-corrected chi connectivity index (χ4v) is 5.09. The van der Waals surface area contributed by atoms with Crippen LogP contribution in [0.3, 0.4) is 0 Å². The molecule has 5 heteroatoms. The maximum absolute atomic E-state index is 13.7. The largest absolute Gasteiger partial charge is 0.496 e. The van der Waals surface area contributed by atoms with Crippen molar-refractivity contribution in [3.63, 3.8) is 0 Å². The van der Waals surface area contributed by atoms with E-state index in [1.807, 2.05) is 28.8 Å². The van der Waals surface area contributed by atoms with E-state index in [0.29, 0.717) is 6.54 Å². The predicted octanol–water partition coefficient (Wildman–Crippen LogP) is 6.34. The van der Waals surface area contributed by atoms with E-state index >= 15 is 0 Å². The lowest BCUT2D eigenvalue weighted by molar-refractivity contribution is 0.378. The van der Waals surface area contributed by atoms with E-state index in [1.165, 1.54) is 11.1 Å². The van der Waals surface area contributed by atoms with Gasteiger partial charge in [-0.3, -0.25) is 4.79 Å². The Morgan fingerprint density at radius 1 is 0.971 bits per heavy atom. The summed E-state index contributed by atoms with van der Waals surface area (Å²) in [7, 11) is 1.71. The molecule has 5 rings (SSSR count). The molecular formula is C29H31ClN2O2. The van der Waals surface area contributed by atoms with Crippen LogP contribution >= 0.6 is 12.4 Å². The Balaban J connectivity index is 0.00000274. The number of hydrogen-bond acceptors (Lipinski definition) is 3. The van der Waals surface area contributed by atoms with E-state index in [0.717, 1.165) is 58.3 Å². The first-order valence-corrected chi connectivity index (χ1v) is 11.7. The minimum absolute atomic E-state index is 0. The number of benzene rings is 3. The molecule has 0 fully saturated rings. The third kappa shape index (κ3) is 4.24. The fraction of sp³-hybridized carbons (Fsp3) is 0.276. The number of methoxy groups -OCH3 is 1. The number of aryl methyl sites for hydroxylation is 2. The van der Waals surface area contributed by atoms with Crippen LogP contribution in [0.2, 0.25) is 0 Å². The zero-order valence-corrected chi connectivity index (χ0v) is 20.7. The number of rotatable bonds is 5. The summed E-state index contributed by atoms with van der Waals surface area (Å²) >= 11 is 0. The van der Waals surface area contributed by atoms with Crippen LogP contribution < -0.4 is 15.6 Å². The van der Waals surface area contributed by atoms with Crippen LogP contribution in [0.25, 0.3) is 21.9 Å². The normalized spacial score (nSPS) is 15.0. The highest BCUT2D eigenvalue weighted by Crippen LogP contribution is 2.38. The Morgan fingerprint density at radius 2 is 1.65 bits per heavy atom. The SMILES string of the molecule is COc1ccccc1CNC1CCCn2c1c(-c1ccccc1)c1cc(C)c(C)cc1c2=O.Cl. The number of ether oxygens (including phenoxy) is 1. The number of nitrogens with zero attached hydrogens (tertiary/aromatic N) is 1. The van der Waals surface area contributed by atoms with Crippen molar-refractivity contribution in [1.82, 2.24) is 9.88 Å². The molecule has 0 aliphatic carbocycles. The highest BCUT2D eigenvalue weighted by Gasteiger charge is 2.28. The Morgan fingerprint density at radius 3 is 2.38 bits per heavy atom. The van der Waals surface area contributed by atoms with E-state index in [1.54, 1.807) is 7.11 Å². The lowest BCUT2D eigenvalue weighted by Gasteiger charge is -2.31. The first kappa shape index (κ1) is 24.1. The third-order valence-electron chi connectivity index (χ3n) is 6.92. The summed E-state index contributed by atoms with van der Waals surface area (Å²) in [5.41, 5.74) is 7.02. The molecule has 0 bridgehead atoms. The van der Waals surface area contributed by atoms with Gasteiger partial charge in [0.1, 0.15) is 5.75 Å².